The fourth-order valence-electron chi connectivity index (χ4n) is 0.938. The lowest BCUT2D eigenvalue weighted by atomic mass is 10.1. The van der Waals surface area contributed by atoms with E-state index in [0.717, 1.165) is 5.69 Å². The maximum Gasteiger partial charge on any atom is 0.120 e. The van der Waals surface area contributed by atoms with Crippen molar-refractivity contribution < 1.29 is 9.50 Å². The Kier molecular flexibility index (Phi) is 3.72. The number of hydrogen-bond acceptors (Lipinski definition) is 2. The number of alkyl halides is 1. The largest absolute Gasteiger partial charge is 0.386 e. The Morgan fingerprint density at radius 3 is 2.86 bits per heavy atom. The summed E-state index contributed by atoms with van der Waals surface area (Å²) in [6, 6.07) is 7.06. The molecular weight excluding hydrogens is 205 g/mol. The van der Waals surface area contributed by atoms with E-state index < -0.39 is 12.3 Å². The number of benzene rings is 1. The molecule has 2 nitrogen and oxygen atoms in total. The summed E-state index contributed by atoms with van der Waals surface area (Å²) in [5, 5.41) is 12.9. The molecule has 0 amide bonds. The molecule has 1 aromatic rings. The summed E-state index contributed by atoms with van der Waals surface area (Å²) in [7, 11) is 0. The molecule has 1 rings (SSSR count). The van der Waals surface area contributed by atoms with Crippen LogP contribution in [0.15, 0.2) is 24.3 Å². The van der Waals surface area contributed by atoms with Gasteiger partial charge in [-0.2, -0.15) is 0 Å². The third-order valence-electron chi connectivity index (χ3n) is 1.79. The average molecular weight is 218 g/mol. The number of nitrogens with one attached hydrogen (secondary N) is 1. The Morgan fingerprint density at radius 2 is 2.29 bits per heavy atom. The summed E-state index contributed by atoms with van der Waals surface area (Å²) in [5.74, 6) is 0. The van der Waals surface area contributed by atoms with E-state index in [1.165, 1.54) is 6.92 Å². The molecule has 1 unspecified atom stereocenters. The van der Waals surface area contributed by atoms with Crippen LogP contribution in [0.25, 0.3) is 0 Å². The molecular formula is C10H13ClFNO. The van der Waals surface area contributed by atoms with Crippen LogP contribution >= 0.6 is 11.6 Å². The molecule has 14 heavy (non-hydrogen) atoms. The van der Waals surface area contributed by atoms with Crippen LogP contribution < -0.4 is 5.32 Å². The van der Waals surface area contributed by atoms with Crippen molar-refractivity contribution in [2.45, 2.75) is 12.5 Å². The van der Waals surface area contributed by atoms with Crippen molar-refractivity contribution in [1.29, 1.82) is 0 Å². The van der Waals surface area contributed by atoms with Crippen LogP contribution in [0.3, 0.4) is 0 Å². The highest BCUT2D eigenvalue weighted by atomic mass is 35.5. The highest BCUT2D eigenvalue weighted by Gasteiger charge is 2.19. The molecule has 1 atom stereocenters. The molecule has 1 aromatic carbocycles. The summed E-state index contributed by atoms with van der Waals surface area (Å²) in [6.45, 7) is 0.814. The van der Waals surface area contributed by atoms with E-state index in [9.17, 15) is 9.50 Å². The van der Waals surface area contributed by atoms with Crippen molar-refractivity contribution in [3.05, 3.63) is 29.3 Å². The van der Waals surface area contributed by atoms with Gasteiger partial charge >= 0.3 is 0 Å². The standard InChI is InChI=1S/C10H13ClFNO/c1-10(14,6-12)7-13-9-4-2-3-8(11)5-9/h2-5,13-14H,6-7H2,1H3. The quantitative estimate of drug-likeness (QED) is 0.812. The van der Waals surface area contributed by atoms with Crippen molar-refractivity contribution in [3.63, 3.8) is 0 Å². The van der Waals surface area contributed by atoms with Crippen molar-refractivity contribution in [1.82, 2.24) is 0 Å². The second-order valence-corrected chi connectivity index (χ2v) is 3.93. The average Bonchev–Trinajstić information content (AvgIpc) is 2.15. The number of rotatable bonds is 4. The van der Waals surface area contributed by atoms with E-state index >= 15 is 0 Å². The normalized spacial score (nSPS) is 14.9. The van der Waals surface area contributed by atoms with Crippen molar-refractivity contribution >= 4 is 17.3 Å². The zero-order valence-corrected chi connectivity index (χ0v) is 8.68. The number of halogens is 2. The van der Waals surface area contributed by atoms with E-state index in [-0.39, 0.29) is 6.54 Å². The zero-order valence-electron chi connectivity index (χ0n) is 7.93. The first-order valence-electron chi connectivity index (χ1n) is 4.31. The molecule has 0 aliphatic carbocycles. The summed E-state index contributed by atoms with van der Waals surface area (Å²) in [6.07, 6.45) is 0. The maximum atomic E-state index is 12.2. The van der Waals surface area contributed by atoms with Gasteiger partial charge in [0.25, 0.3) is 0 Å². The van der Waals surface area contributed by atoms with Gasteiger partial charge in [-0.15, -0.1) is 0 Å². The third kappa shape index (κ3) is 3.52. The molecule has 0 saturated carbocycles. The fraction of sp³-hybridized carbons (Fsp3) is 0.400. The highest BCUT2D eigenvalue weighted by Crippen LogP contribution is 2.16. The van der Waals surface area contributed by atoms with E-state index in [1.807, 2.05) is 0 Å². The Morgan fingerprint density at radius 1 is 1.57 bits per heavy atom. The Balaban J connectivity index is 2.54. The minimum absolute atomic E-state index is 0.157. The van der Waals surface area contributed by atoms with E-state index in [0.29, 0.717) is 5.02 Å². The molecule has 0 fully saturated rings. The van der Waals surface area contributed by atoms with Gasteiger partial charge in [0, 0.05) is 17.3 Å². The Bertz CT molecular complexity index is 304. The Hall–Kier alpha value is -0.800. The molecule has 0 spiro atoms. The molecule has 0 saturated heterocycles. The van der Waals surface area contributed by atoms with Gasteiger partial charge < -0.3 is 10.4 Å². The molecule has 0 bridgehead atoms. The Labute approximate surface area is 87.7 Å². The minimum atomic E-state index is -1.33. The highest BCUT2D eigenvalue weighted by molar-refractivity contribution is 6.30. The predicted octanol–water partition coefficient (Wildman–Crippen LogP) is 2.47. The number of hydrogen-bond donors (Lipinski definition) is 2. The first kappa shape index (κ1) is 11.3. The summed E-state index contributed by atoms with van der Waals surface area (Å²) in [5.41, 5.74) is -0.561. The molecule has 0 aliphatic rings. The molecule has 0 heterocycles. The first-order chi connectivity index (χ1) is 6.53. The first-order valence-corrected chi connectivity index (χ1v) is 4.69. The summed E-state index contributed by atoms with van der Waals surface area (Å²) >= 11 is 5.75. The monoisotopic (exact) mass is 217 g/mol. The maximum absolute atomic E-state index is 12.2. The van der Waals surface area contributed by atoms with Gasteiger partial charge in [0.1, 0.15) is 12.3 Å². The summed E-state index contributed by atoms with van der Waals surface area (Å²) in [4.78, 5) is 0. The van der Waals surface area contributed by atoms with E-state index in [2.05, 4.69) is 5.32 Å². The van der Waals surface area contributed by atoms with E-state index in [1.54, 1.807) is 24.3 Å². The van der Waals surface area contributed by atoms with Gasteiger partial charge in [0.15, 0.2) is 0 Å². The minimum Gasteiger partial charge on any atom is -0.386 e. The van der Waals surface area contributed by atoms with Crippen LogP contribution in [0.1, 0.15) is 6.92 Å². The van der Waals surface area contributed by atoms with Crippen LogP contribution in [-0.2, 0) is 0 Å². The van der Waals surface area contributed by atoms with Crippen molar-refractivity contribution in [2.75, 3.05) is 18.5 Å². The van der Waals surface area contributed by atoms with Crippen LogP contribution in [-0.4, -0.2) is 23.9 Å². The molecule has 78 valence electrons. The van der Waals surface area contributed by atoms with Gasteiger partial charge in [-0.25, -0.2) is 4.39 Å². The topological polar surface area (TPSA) is 32.3 Å². The second kappa shape index (κ2) is 4.62. The lowest BCUT2D eigenvalue weighted by molar-refractivity contribution is 0.0462. The summed E-state index contributed by atoms with van der Waals surface area (Å²) < 4.78 is 12.2. The van der Waals surface area contributed by atoms with Crippen LogP contribution in [0, 0.1) is 0 Å². The smallest absolute Gasteiger partial charge is 0.120 e. The fourth-order valence-corrected chi connectivity index (χ4v) is 1.13. The molecule has 0 aliphatic heterocycles. The van der Waals surface area contributed by atoms with Crippen LogP contribution in [0.2, 0.25) is 5.02 Å². The van der Waals surface area contributed by atoms with Crippen molar-refractivity contribution in [2.24, 2.45) is 0 Å². The van der Waals surface area contributed by atoms with Gasteiger partial charge in [-0.1, -0.05) is 17.7 Å². The second-order valence-electron chi connectivity index (χ2n) is 3.49. The SMILES string of the molecule is CC(O)(CF)CNc1cccc(Cl)c1. The van der Waals surface area contributed by atoms with Gasteiger partial charge in [0.2, 0.25) is 0 Å². The van der Waals surface area contributed by atoms with Crippen LogP contribution in [0.5, 0.6) is 0 Å². The molecule has 0 aromatic heterocycles. The predicted molar refractivity (Wildman–Crippen MR) is 56.5 cm³/mol. The third-order valence-corrected chi connectivity index (χ3v) is 2.02. The number of aliphatic hydroxyl groups is 1. The number of anilines is 1. The van der Waals surface area contributed by atoms with Crippen LogP contribution in [0.4, 0.5) is 10.1 Å². The molecule has 0 radical (unpaired) electrons. The zero-order chi connectivity index (χ0) is 10.6. The molecule has 4 heteroatoms. The lowest BCUT2D eigenvalue weighted by Gasteiger charge is -2.20. The van der Waals surface area contributed by atoms with Gasteiger partial charge in [0.05, 0.1) is 0 Å². The van der Waals surface area contributed by atoms with Gasteiger partial charge in [-0.3, -0.25) is 0 Å². The van der Waals surface area contributed by atoms with Gasteiger partial charge in [-0.05, 0) is 25.1 Å². The molecule has 2 N–H and O–H groups in total. The van der Waals surface area contributed by atoms with E-state index in [4.69, 9.17) is 11.6 Å². The van der Waals surface area contributed by atoms with Crippen molar-refractivity contribution in [3.8, 4) is 0 Å². The lowest BCUT2D eigenvalue weighted by Crippen LogP contribution is -2.35.